The van der Waals surface area contributed by atoms with Gasteiger partial charge in [-0.25, -0.2) is 4.79 Å². The first-order chi connectivity index (χ1) is 7.20. The molecule has 0 aliphatic carbocycles. The van der Waals surface area contributed by atoms with Gasteiger partial charge in [-0.15, -0.1) is 0 Å². The van der Waals surface area contributed by atoms with Crippen LogP contribution in [0.25, 0.3) is 0 Å². The van der Waals surface area contributed by atoms with Crippen molar-refractivity contribution in [2.75, 3.05) is 20.2 Å². The van der Waals surface area contributed by atoms with Crippen LogP contribution in [0.4, 0.5) is 0 Å². The predicted octanol–water partition coefficient (Wildman–Crippen LogP) is -0.229. The molecule has 0 aromatic heterocycles. The summed E-state index contributed by atoms with van der Waals surface area (Å²) in [7, 11) is 1.36. The number of nitrogens with zero attached hydrogens (tertiary/aromatic N) is 2. The van der Waals surface area contributed by atoms with Gasteiger partial charge in [-0.3, -0.25) is 14.7 Å². The Morgan fingerprint density at radius 3 is 2.93 bits per heavy atom. The van der Waals surface area contributed by atoms with E-state index in [4.69, 9.17) is 0 Å². The Balaban J connectivity index is 1.97. The molecule has 2 rings (SSSR count). The second-order valence-corrected chi connectivity index (χ2v) is 3.61. The van der Waals surface area contributed by atoms with E-state index in [0.717, 1.165) is 0 Å². The number of hydrogen-bond acceptors (Lipinski definition) is 5. The molecule has 2 aliphatic heterocycles. The van der Waals surface area contributed by atoms with E-state index in [2.05, 4.69) is 9.73 Å². The van der Waals surface area contributed by atoms with Gasteiger partial charge in [0.25, 0.3) is 0 Å². The number of esters is 1. The molecule has 1 fully saturated rings. The summed E-state index contributed by atoms with van der Waals surface area (Å²) in [4.78, 5) is 28.2. The van der Waals surface area contributed by atoms with Crippen molar-refractivity contribution in [3.05, 3.63) is 11.6 Å². The van der Waals surface area contributed by atoms with Crippen LogP contribution in [0.5, 0.6) is 0 Å². The van der Waals surface area contributed by atoms with Crippen molar-refractivity contribution in [1.29, 1.82) is 0 Å². The summed E-state index contributed by atoms with van der Waals surface area (Å²) in [6.45, 7) is 0.882. The van der Waals surface area contributed by atoms with Crippen LogP contribution in [-0.4, -0.2) is 49.2 Å². The molecule has 0 aromatic carbocycles. The Bertz CT molecular complexity index is 352. The van der Waals surface area contributed by atoms with Gasteiger partial charge >= 0.3 is 5.97 Å². The fraction of sp³-hybridized carbons (Fsp3) is 0.500. The Kier molecular flexibility index (Phi) is 2.64. The average Bonchev–Trinajstić information content (AvgIpc) is 2.24. The van der Waals surface area contributed by atoms with Crippen molar-refractivity contribution in [3.63, 3.8) is 0 Å². The molecule has 1 atom stereocenters. The van der Waals surface area contributed by atoms with Gasteiger partial charge in [0.2, 0.25) is 0 Å². The highest BCUT2D eigenvalue weighted by Gasteiger charge is 2.32. The third-order valence-electron chi connectivity index (χ3n) is 2.56. The van der Waals surface area contributed by atoms with E-state index < -0.39 is 0 Å². The molecule has 0 N–H and O–H groups in total. The number of carbonyl (C=O) groups is 2. The van der Waals surface area contributed by atoms with Gasteiger partial charge in [0, 0.05) is 18.2 Å². The van der Waals surface area contributed by atoms with E-state index in [-0.39, 0.29) is 17.9 Å². The Labute approximate surface area is 87.4 Å². The first-order valence-electron chi connectivity index (χ1n) is 4.77. The topological polar surface area (TPSA) is 59.0 Å². The maximum Gasteiger partial charge on any atom is 0.333 e. The van der Waals surface area contributed by atoms with Gasteiger partial charge in [0.15, 0.2) is 5.78 Å². The number of hydrogen-bond donors (Lipinski definition) is 0. The summed E-state index contributed by atoms with van der Waals surface area (Å²) < 4.78 is 4.64. The minimum Gasteiger partial charge on any atom is -0.466 e. The molecule has 1 saturated heterocycles. The van der Waals surface area contributed by atoms with Gasteiger partial charge in [-0.05, 0) is 6.08 Å². The summed E-state index contributed by atoms with van der Waals surface area (Å²) in [5, 5.41) is 0. The van der Waals surface area contributed by atoms with Crippen LogP contribution in [0.15, 0.2) is 16.6 Å². The molecular weight excluding hydrogens is 196 g/mol. The highest BCUT2D eigenvalue weighted by Crippen LogP contribution is 2.20. The number of dihydropyridines is 1. The number of methoxy groups -OCH3 is 1. The highest BCUT2D eigenvalue weighted by molar-refractivity contribution is 5.94. The number of ether oxygens (including phenoxy) is 1. The zero-order chi connectivity index (χ0) is 10.8. The van der Waals surface area contributed by atoms with E-state index in [9.17, 15) is 9.59 Å². The number of aliphatic imine (C=N–C) groups is 1. The lowest BCUT2D eigenvalue weighted by Crippen LogP contribution is -2.52. The van der Waals surface area contributed by atoms with Crippen molar-refractivity contribution < 1.29 is 14.3 Å². The third-order valence-corrected chi connectivity index (χ3v) is 2.56. The van der Waals surface area contributed by atoms with Gasteiger partial charge in [-0.2, -0.15) is 0 Å². The first-order valence-corrected chi connectivity index (χ1v) is 4.77. The quantitative estimate of drug-likeness (QED) is 0.588. The molecule has 5 heteroatoms. The summed E-state index contributed by atoms with van der Waals surface area (Å²) in [6.07, 6.45) is 3.70. The third kappa shape index (κ3) is 1.97. The Morgan fingerprint density at radius 1 is 1.60 bits per heavy atom. The highest BCUT2D eigenvalue weighted by atomic mass is 16.5. The molecule has 0 spiro atoms. The number of ketones is 1. The average molecular weight is 208 g/mol. The number of allylic oxidation sites excluding steroid dienone is 1. The van der Waals surface area contributed by atoms with E-state index in [1.54, 1.807) is 12.3 Å². The molecule has 15 heavy (non-hydrogen) atoms. The van der Waals surface area contributed by atoms with E-state index in [0.29, 0.717) is 25.1 Å². The maximum atomic E-state index is 11.3. The molecule has 0 amide bonds. The fourth-order valence-corrected chi connectivity index (χ4v) is 1.67. The summed E-state index contributed by atoms with van der Waals surface area (Å²) in [6, 6.07) is 0. The summed E-state index contributed by atoms with van der Waals surface area (Å²) in [5.41, 5.74) is 0.608. The van der Waals surface area contributed by atoms with Crippen molar-refractivity contribution in [2.24, 2.45) is 4.99 Å². The monoisotopic (exact) mass is 208 g/mol. The lowest BCUT2D eigenvalue weighted by molar-refractivity contribution is -0.136. The largest absolute Gasteiger partial charge is 0.466 e. The molecule has 1 unspecified atom stereocenters. The molecule has 80 valence electrons. The SMILES string of the molecule is COC(=O)C1=CC=NC(N2CC(=O)C2)C1. The van der Waals surface area contributed by atoms with E-state index >= 15 is 0 Å². The molecule has 0 bridgehead atoms. The van der Waals surface area contributed by atoms with Crippen LogP contribution in [-0.2, 0) is 14.3 Å². The van der Waals surface area contributed by atoms with Crippen molar-refractivity contribution in [3.8, 4) is 0 Å². The van der Waals surface area contributed by atoms with Gasteiger partial charge in [0.1, 0.15) is 6.17 Å². The Hall–Kier alpha value is -1.49. The standard InChI is InChI=1S/C10H12N2O3/c1-15-10(14)7-2-3-11-9(4-7)12-5-8(13)6-12/h2-3,9H,4-6H2,1H3. The minimum absolute atomic E-state index is 0.0817. The van der Waals surface area contributed by atoms with Crippen LogP contribution < -0.4 is 0 Å². The zero-order valence-corrected chi connectivity index (χ0v) is 8.47. The zero-order valence-electron chi connectivity index (χ0n) is 8.47. The molecule has 0 saturated carbocycles. The molecule has 2 aliphatic rings. The fourth-order valence-electron chi connectivity index (χ4n) is 1.67. The maximum absolute atomic E-state index is 11.3. The minimum atomic E-state index is -0.321. The summed E-state index contributed by atoms with van der Waals surface area (Å²) in [5.74, 6) is -0.0997. The lowest BCUT2D eigenvalue weighted by Gasteiger charge is -2.35. The van der Waals surface area contributed by atoms with Gasteiger partial charge < -0.3 is 4.74 Å². The second-order valence-electron chi connectivity index (χ2n) is 3.61. The normalized spacial score (nSPS) is 25.8. The smallest absolute Gasteiger partial charge is 0.333 e. The van der Waals surface area contributed by atoms with Crippen molar-refractivity contribution >= 4 is 18.0 Å². The van der Waals surface area contributed by atoms with Crippen LogP contribution >= 0.6 is 0 Å². The van der Waals surface area contributed by atoms with Gasteiger partial charge in [0.05, 0.1) is 20.2 Å². The molecule has 5 nitrogen and oxygen atoms in total. The number of Topliss-reactive ketones (excluding diaryl/α,β-unsaturated/α-hetero) is 1. The lowest BCUT2D eigenvalue weighted by atomic mass is 10.0. The molecular formula is C10H12N2O3. The first kappa shape index (κ1) is 10.0. The van der Waals surface area contributed by atoms with E-state index in [1.165, 1.54) is 7.11 Å². The van der Waals surface area contributed by atoms with Crippen LogP contribution in [0, 0.1) is 0 Å². The molecule has 0 radical (unpaired) electrons. The number of rotatable bonds is 2. The van der Waals surface area contributed by atoms with Crippen LogP contribution in [0.2, 0.25) is 0 Å². The molecule has 2 heterocycles. The predicted molar refractivity (Wildman–Crippen MR) is 53.6 cm³/mol. The van der Waals surface area contributed by atoms with Crippen molar-refractivity contribution in [2.45, 2.75) is 12.6 Å². The molecule has 0 aromatic rings. The van der Waals surface area contributed by atoms with Crippen LogP contribution in [0.3, 0.4) is 0 Å². The summed E-state index contributed by atoms with van der Waals surface area (Å²) >= 11 is 0. The number of likely N-dealkylation sites (tertiary alicyclic amines) is 1. The second kappa shape index (κ2) is 3.94. The Morgan fingerprint density at radius 2 is 2.33 bits per heavy atom. The number of carbonyl (C=O) groups excluding carboxylic acids is 2. The van der Waals surface area contributed by atoms with Gasteiger partial charge in [-0.1, -0.05) is 0 Å². The van der Waals surface area contributed by atoms with E-state index in [1.807, 2.05) is 4.90 Å². The van der Waals surface area contributed by atoms with Crippen molar-refractivity contribution in [1.82, 2.24) is 4.90 Å². The van der Waals surface area contributed by atoms with Crippen LogP contribution in [0.1, 0.15) is 6.42 Å².